The number of primary amides is 1. The first-order valence-corrected chi connectivity index (χ1v) is 9.13. The quantitative estimate of drug-likeness (QED) is 0.453. The van der Waals surface area contributed by atoms with Gasteiger partial charge in [0.1, 0.15) is 0 Å². The molecule has 0 bridgehead atoms. The van der Waals surface area contributed by atoms with E-state index in [1.54, 1.807) is 13.2 Å². The standard InChI is InChI=1S/C21H24N6O2/c1-13-16(4-3-5-17(13)22)18-12-27(2)21(29)20(26-18)25-15-8-6-14(7-9-15)10-24-11-19(23)28/h3-9,12,24H,10-11,22H2,1-2H3,(H2,23,28)(H,25,26). The number of aryl methyl sites for hydroxylation is 1. The molecule has 1 heterocycles. The molecule has 0 saturated carbocycles. The van der Waals surface area contributed by atoms with Crippen LogP contribution in [-0.4, -0.2) is 22.0 Å². The van der Waals surface area contributed by atoms with E-state index >= 15 is 0 Å². The van der Waals surface area contributed by atoms with Gasteiger partial charge in [-0.15, -0.1) is 0 Å². The number of hydrogen-bond acceptors (Lipinski definition) is 6. The highest BCUT2D eigenvalue weighted by molar-refractivity contribution is 5.75. The number of anilines is 3. The maximum Gasteiger partial charge on any atom is 0.293 e. The van der Waals surface area contributed by atoms with Gasteiger partial charge in [0, 0.05) is 36.7 Å². The monoisotopic (exact) mass is 392 g/mol. The molecule has 0 unspecified atom stereocenters. The summed E-state index contributed by atoms with van der Waals surface area (Å²) in [6.45, 7) is 2.57. The second-order valence-corrected chi connectivity index (χ2v) is 6.80. The van der Waals surface area contributed by atoms with E-state index in [4.69, 9.17) is 11.5 Å². The molecule has 0 saturated heterocycles. The van der Waals surface area contributed by atoms with Gasteiger partial charge >= 0.3 is 0 Å². The lowest BCUT2D eigenvalue weighted by Gasteiger charge is -2.12. The van der Waals surface area contributed by atoms with Crippen LogP contribution >= 0.6 is 0 Å². The number of carbonyl (C=O) groups excluding carboxylic acids is 1. The van der Waals surface area contributed by atoms with Crippen molar-refractivity contribution < 1.29 is 4.79 Å². The van der Waals surface area contributed by atoms with Crippen molar-refractivity contribution in [2.24, 2.45) is 12.8 Å². The van der Waals surface area contributed by atoms with Crippen LogP contribution in [0.25, 0.3) is 11.3 Å². The van der Waals surface area contributed by atoms with E-state index in [1.165, 1.54) is 4.57 Å². The fourth-order valence-corrected chi connectivity index (χ4v) is 2.92. The second-order valence-electron chi connectivity index (χ2n) is 6.80. The zero-order valence-electron chi connectivity index (χ0n) is 16.4. The number of amides is 1. The average molecular weight is 392 g/mol. The topological polar surface area (TPSA) is 128 Å². The molecule has 1 amide bonds. The van der Waals surface area contributed by atoms with Gasteiger partial charge in [0.15, 0.2) is 5.82 Å². The summed E-state index contributed by atoms with van der Waals surface area (Å²) in [4.78, 5) is 27.8. The molecule has 0 aliphatic heterocycles. The fourth-order valence-electron chi connectivity index (χ4n) is 2.92. The predicted octanol–water partition coefficient (Wildman–Crippen LogP) is 1.66. The van der Waals surface area contributed by atoms with Gasteiger partial charge in [0.25, 0.3) is 5.56 Å². The Balaban J connectivity index is 1.84. The summed E-state index contributed by atoms with van der Waals surface area (Å²) in [6, 6.07) is 13.1. The highest BCUT2D eigenvalue weighted by Crippen LogP contribution is 2.26. The highest BCUT2D eigenvalue weighted by Gasteiger charge is 2.11. The second kappa shape index (κ2) is 8.57. The zero-order valence-corrected chi connectivity index (χ0v) is 16.4. The van der Waals surface area contributed by atoms with E-state index in [9.17, 15) is 9.59 Å². The maximum atomic E-state index is 12.5. The third kappa shape index (κ3) is 4.80. The molecule has 150 valence electrons. The molecule has 8 heteroatoms. The molecule has 0 spiro atoms. The minimum atomic E-state index is -0.402. The van der Waals surface area contributed by atoms with Crippen LogP contribution in [0.2, 0.25) is 0 Å². The van der Waals surface area contributed by atoms with Crippen LogP contribution in [0.1, 0.15) is 11.1 Å². The van der Waals surface area contributed by atoms with Crippen molar-refractivity contribution in [3.63, 3.8) is 0 Å². The van der Waals surface area contributed by atoms with E-state index in [0.29, 0.717) is 17.9 Å². The largest absolute Gasteiger partial charge is 0.398 e. The van der Waals surface area contributed by atoms with E-state index in [2.05, 4.69) is 15.6 Å². The van der Waals surface area contributed by atoms with Crippen molar-refractivity contribution >= 4 is 23.1 Å². The first-order valence-electron chi connectivity index (χ1n) is 9.13. The Kier molecular flexibility index (Phi) is 5.94. The molecule has 0 aliphatic rings. The van der Waals surface area contributed by atoms with Gasteiger partial charge in [-0.2, -0.15) is 0 Å². The maximum absolute atomic E-state index is 12.5. The first-order chi connectivity index (χ1) is 13.8. The predicted molar refractivity (Wildman–Crippen MR) is 115 cm³/mol. The van der Waals surface area contributed by atoms with Gasteiger partial charge in [-0.1, -0.05) is 24.3 Å². The molecule has 29 heavy (non-hydrogen) atoms. The summed E-state index contributed by atoms with van der Waals surface area (Å²) in [5.74, 6) is -0.174. The third-order valence-corrected chi connectivity index (χ3v) is 4.57. The number of carbonyl (C=O) groups is 1. The Bertz CT molecular complexity index is 1090. The summed E-state index contributed by atoms with van der Waals surface area (Å²) in [5.41, 5.74) is 15.7. The lowest BCUT2D eigenvalue weighted by Crippen LogP contribution is -2.28. The number of nitrogen functional groups attached to an aromatic ring is 1. The van der Waals surface area contributed by atoms with Crippen molar-refractivity contribution in [3.8, 4) is 11.3 Å². The molecule has 0 radical (unpaired) electrons. The number of nitrogens with two attached hydrogens (primary N) is 2. The van der Waals surface area contributed by atoms with Crippen molar-refractivity contribution in [2.45, 2.75) is 13.5 Å². The average Bonchev–Trinajstić information content (AvgIpc) is 2.68. The lowest BCUT2D eigenvalue weighted by atomic mass is 10.0. The van der Waals surface area contributed by atoms with Crippen molar-refractivity contribution in [1.82, 2.24) is 14.9 Å². The molecule has 2 aromatic carbocycles. The van der Waals surface area contributed by atoms with Crippen LogP contribution in [0.3, 0.4) is 0 Å². The van der Waals surface area contributed by atoms with Gasteiger partial charge in [0.05, 0.1) is 12.2 Å². The molecule has 0 aliphatic carbocycles. The van der Waals surface area contributed by atoms with E-state index in [1.807, 2.05) is 49.4 Å². The minimum Gasteiger partial charge on any atom is -0.398 e. The molecule has 0 fully saturated rings. The SMILES string of the molecule is Cc1c(N)cccc1-c1cn(C)c(=O)c(Nc2ccc(CNCC(N)=O)cc2)n1. The Hall–Kier alpha value is -3.65. The van der Waals surface area contributed by atoms with Crippen molar-refractivity contribution in [3.05, 3.63) is 70.1 Å². The highest BCUT2D eigenvalue weighted by atomic mass is 16.1. The molecule has 3 rings (SSSR count). The number of aromatic nitrogens is 2. The molecule has 1 aromatic heterocycles. The number of benzene rings is 2. The summed E-state index contributed by atoms with van der Waals surface area (Å²) < 4.78 is 1.50. The van der Waals surface area contributed by atoms with Gasteiger partial charge < -0.3 is 26.7 Å². The summed E-state index contributed by atoms with van der Waals surface area (Å²) in [6.07, 6.45) is 1.70. The molecular formula is C21H24N6O2. The molecular weight excluding hydrogens is 368 g/mol. The molecule has 8 nitrogen and oxygen atoms in total. The van der Waals surface area contributed by atoms with Gasteiger partial charge in [-0.3, -0.25) is 9.59 Å². The zero-order chi connectivity index (χ0) is 21.0. The Morgan fingerprint density at radius 2 is 1.90 bits per heavy atom. The Morgan fingerprint density at radius 1 is 1.17 bits per heavy atom. The van der Waals surface area contributed by atoms with Crippen LogP contribution < -0.4 is 27.7 Å². The summed E-state index contributed by atoms with van der Waals surface area (Å²) >= 11 is 0. The van der Waals surface area contributed by atoms with Crippen LogP contribution in [0.4, 0.5) is 17.2 Å². The normalized spacial score (nSPS) is 10.7. The lowest BCUT2D eigenvalue weighted by molar-refractivity contribution is -0.117. The number of nitrogens with zero attached hydrogens (tertiary/aromatic N) is 2. The molecule has 6 N–H and O–H groups in total. The van der Waals surface area contributed by atoms with E-state index < -0.39 is 5.91 Å². The summed E-state index contributed by atoms with van der Waals surface area (Å²) in [7, 11) is 1.69. The van der Waals surface area contributed by atoms with Gasteiger partial charge in [0.2, 0.25) is 5.91 Å². The van der Waals surface area contributed by atoms with Crippen LogP contribution in [0.15, 0.2) is 53.5 Å². The van der Waals surface area contributed by atoms with Crippen LogP contribution in [-0.2, 0) is 18.4 Å². The number of hydrogen-bond donors (Lipinski definition) is 4. The van der Waals surface area contributed by atoms with Crippen LogP contribution in [0, 0.1) is 6.92 Å². The minimum absolute atomic E-state index is 0.121. The fraction of sp³-hybridized carbons (Fsp3) is 0.190. The van der Waals surface area contributed by atoms with Gasteiger partial charge in [-0.05, 0) is 36.2 Å². The van der Waals surface area contributed by atoms with Crippen molar-refractivity contribution in [2.75, 3.05) is 17.6 Å². The van der Waals surface area contributed by atoms with E-state index in [-0.39, 0.29) is 17.9 Å². The Labute approximate surface area is 168 Å². The van der Waals surface area contributed by atoms with Crippen molar-refractivity contribution in [1.29, 1.82) is 0 Å². The van der Waals surface area contributed by atoms with E-state index in [0.717, 1.165) is 22.4 Å². The molecule has 3 aromatic rings. The van der Waals surface area contributed by atoms with Crippen LogP contribution in [0.5, 0.6) is 0 Å². The first kappa shape index (κ1) is 20.1. The van der Waals surface area contributed by atoms with Gasteiger partial charge in [-0.25, -0.2) is 4.98 Å². The summed E-state index contributed by atoms with van der Waals surface area (Å²) in [5, 5.41) is 6.04. The number of nitrogens with one attached hydrogen (secondary N) is 2. The third-order valence-electron chi connectivity index (χ3n) is 4.57. The smallest absolute Gasteiger partial charge is 0.293 e. The number of rotatable bonds is 7. The molecule has 0 atom stereocenters. The Morgan fingerprint density at radius 3 is 2.59 bits per heavy atom.